The van der Waals surface area contributed by atoms with Gasteiger partial charge in [0, 0.05) is 25.2 Å². The molecule has 2 atom stereocenters. The lowest BCUT2D eigenvalue weighted by atomic mass is 9.90. The van der Waals surface area contributed by atoms with Crippen molar-refractivity contribution in [3.8, 4) is 0 Å². The van der Waals surface area contributed by atoms with Gasteiger partial charge in [-0.1, -0.05) is 20.8 Å². The maximum Gasteiger partial charge on any atom is 0.225 e. The van der Waals surface area contributed by atoms with E-state index < -0.39 is 21.7 Å². The van der Waals surface area contributed by atoms with Gasteiger partial charge in [0.05, 0.1) is 38.1 Å². The molecule has 0 aromatic rings. The van der Waals surface area contributed by atoms with Gasteiger partial charge in [0.25, 0.3) is 0 Å². The molecule has 0 aromatic heterocycles. The van der Waals surface area contributed by atoms with Crippen LogP contribution < -0.4 is 0 Å². The van der Waals surface area contributed by atoms with Crippen molar-refractivity contribution in [2.24, 2.45) is 5.41 Å². The van der Waals surface area contributed by atoms with Gasteiger partial charge in [0.1, 0.15) is 0 Å². The molecule has 7 nitrogen and oxygen atoms in total. The summed E-state index contributed by atoms with van der Waals surface area (Å²) < 4.78 is 37.6. The van der Waals surface area contributed by atoms with Crippen molar-refractivity contribution in [1.82, 2.24) is 9.21 Å². The molecule has 0 aromatic carbocycles. The van der Waals surface area contributed by atoms with E-state index in [1.165, 1.54) is 10.6 Å². The zero-order valence-electron chi connectivity index (χ0n) is 18.2. The maximum atomic E-state index is 12.7. The van der Waals surface area contributed by atoms with E-state index in [9.17, 15) is 13.2 Å². The van der Waals surface area contributed by atoms with Crippen molar-refractivity contribution in [2.45, 2.75) is 72.6 Å². The summed E-state index contributed by atoms with van der Waals surface area (Å²) in [5.41, 5.74) is -0.708. The Balaban J connectivity index is 3.00. The van der Waals surface area contributed by atoms with Crippen LogP contribution in [0.25, 0.3) is 0 Å². The fourth-order valence-electron chi connectivity index (χ4n) is 2.88. The highest BCUT2D eigenvalue weighted by Gasteiger charge is 2.35. The van der Waals surface area contributed by atoms with Gasteiger partial charge in [0.15, 0.2) is 0 Å². The Labute approximate surface area is 165 Å². The Morgan fingerprint density at radius 3 is 2.07 bits per heavy atom. The predicted octanol–water partition coefficient (Wildman–Crippen LogP) is 2.12. The van der Waals surface area contributed by atoms with Gasteiger partial charge < -0.3 is 14.4 Å². The summed E-state index contributed by atoms with van der Waals surface area (Å²) in [6.45, 7) is 16.1. The predicted molar refractivity (Wildman–Crippen MR) is 107 cm³/mol. The van der Waals surface area contributed by atoms with E-state index in [1.807, 2.05) is 27.7 Å². The van der Waals surface area contributed by atoms with Gasteiger partial charge in [-0.3, -0.25) is 4.79 Å². The number of morpholine rings is 1. The molecule has 1 aliphatic rings. The van der Waals surface area contributed by atoms with E-state index in [4.69, 9.17) is 9.47 Å². The van der Waals surface area contributed by atoms with Crippen molar-refractivity contribution in [3.63, 3.8) is 0 Å². The highest BCUT2D eigenvalue weighted by atomic mass is 32.2. The SMILES string of the molecule is CC(OC(CC(=O)N1CCOCC1)CN(C(C)(C)C)S(C)(=O)=O)C(C)(C)C. The van der Waals surface area contributed by atoms with Gasteiger partial charge in [-0.15, -0.1) is 0 Å². The second kappa shape index (κ2) is 9.20. The average molecular weight is 407 g/mol. The molecular formula is C19H38N2O5S. The van der Waals surface area contributed by atoms with Crippen LogP contribution in [0.4, 0.5) is 0 Å². The smallest absolute Gasteiger partial charge is 0.225 e. The zero-order valence-corrected chi connectivity index (χ0v) is 19.1. The Kier molecular flexibility index (Phi) is 8.29. The number of carbonyl (C=O) groups is 1. The van der Waals surface area contributed by atoms with Crippen molar-refractivity contribution in [3.05, 3.63) is 0 Å². The number of rotatable bonds is 7. The van der Waals surface area contributed by atoms with Crippen molar-refractivity contribution in [2.75, 3.05) is 39.1 Å². The largest absolute Gasteiger partial charge is 0.378 e. The van der Waals surface area contributed by atoms with E-state index in [0.717, 1.165) is 0 Å². The highest BCUT2D eigenvalue weighted by Crippen LogP contribution is 2.26. The molecular weight excluding hydrogens is 368 g/mol. The second-order valence-electron chi connectivity index (χ2n) is 9.43. The van der Waals surface area contributed by atoms with E-state index in [-0.39, 0.29) is 30.4 Å². The first-order chi connectivity index (χ1) is 12.1. The van der Waals surface area contributed by atoms with Gasteiger partial charge in [-0.05, 0) is 33.1 Å². The maximum absolute atomic E-state index is 12.7. The van der Waals surface area contributed by atoms with Crippen molar-refractivity contribution in [1.29, 1.82) is 0 Å². The van der Waals surface area contributed by atoms with Gasteiger partial charge in [0.2, 0.25) is 15.9 Å². The monoisotopic (exact) mass is 406 g/mol. The number of ether oxygens (including phenoxy) is 2. The molecule has 2 unspecified atom stereocenters. The molecule has 0 spiro atoms. The molecule has 0 saturated carbocycles. The first-order valence-corrected chi connectivity index (χ1v) is 11.5. The molecule has 1 heterocycles. The van der Waals surface area contributed by atoms with Crippen LogP contribution in [0.15, 0.2) is 0 Å². The third-order valence-electron chi connectivity index (χ3n) is 4.90. The van der Waals surface area contributed by atoms with Crippen LogP contribution in [0, 0.1) is 5.41 Å². The lowest BCUT2D eigenvalue weighted by Crippen LogP contribution is -2.51. The molecule has 160 valence electrons. The third-order valence-corrected chi connectivity index (χ3v) is 6.40. The minimum atomic E-state index is -3.44. The minimum absolute atomic E-state index is 0.0215. The Morgan fingerprint density at radius 1 is 1.15 bits per heavy atom. The highest BCUT2D eigenvalue weighted by molar-refractivity contribution is 7.88. The van der Waals surface area contributed by atoms with Crippen LogP contribution in [0.5, 0.6) is 0 Å². The molecule has 0 radical (unpaired) electrons. The summed E-state index contributed by atoms with van der Waals surface area (Å²) in [6, 6.07) is 0. The lowest BCUT2D eigenvalue weighted by molar-refractivity contribution is -0.141. The normalized spacial score (nSPS) is 19.2. The fourth-order valence-corrected chi connectivity index (χ4v) is 4.31. The summed E-state index contributed by atoms with van der Waals surface area (Å²) in [7, 11) is -3.44. The zero-order chi connectivity index (χ0) is 21.0. The van der Waals surface area contributed by atoms with Crippen LogP contribution in [0.3, 0.4) is 0 Å². The van der Waals surface area contributed by atoms with Gasteiger partial charge in [-0.2, -0.15) is 4.31 Å². The molecule has 1 amide bonds. The number of sulfonamides is 1. The number of amides is 1. The molecule has 0 bridgehead atoms. The lowest BCUT2D eigenvalue weighted by Gasteiger charge is -2.38. The van der Waals surface area contributed by atoms with Crippen LogP contribution in [-0.4, -0.2) is 80.4 Å². The molecule has 1 saturated heterocycles. The topological polar surface area (TPSA) is 76.2 Å². The minimum Gasteiger partial charge on any atom is -0.378 e. The number of carbonyl (C=O) groups excluding carboxylic acids is 1. The standard InChI is InChI=1S/C19H38N2O5S/c1-15(18(2,3)4)26-16(13-17(22)20-9-11-25-12-10-20)14-21(19(5,6)7)27(8,23)24/h15-16H,9-14H2,1-8H3. The summed E-state index contributed by atoms with van der Waals surface area (Å²) in [5, 5.41) is 0. The van der Waals surface area contributed by atoms with Crippen molar-refractivity contribution < 1.29 is 22.7 Å². The quantitative estimate of drug-likeness (QED) is 0.647. The molecule has 1 aliphatic heterocycles. The van der Waals surface area contributed by atoms with Crippen molar-refractivity contribution >= 4 is 15.9 Å². The average Bonchev–Trinajstić information content (AvgIpc) is 2.49. The number of hydrogen-bond acceptors (Lipinski definition) is 5. The Morgan fingerprint density at radius 2 is 1.67 bits per heavy atom. The molecule has 0 N–H and O–H groups in total. The molecule has 8 heteroatoms. The summed E-state index contributed by atoms with van der Waals surface area (Å²) in [6.07, 6.45) is 0.722. The van der Waals surface area contributed by atoms with Crippen LogP contribution in [0.1, 0.15) is 54.9 Å². The number of hydrogen-bond donors (Lipinski definition) is 0. The van der Waals surface area contributed by atoms with Crippen LogP contribution in [0.2, 0.25) is 0 Å². The summed E-state index contributed by atoms with van der Waals surface area (Å²) in [4.78, 5) is 14.5. The summed E-state index contributed by atoms with van der Waals surface area (Å²) >= 11 is 0. The Hall–Kier alpha value is -0.700. The fraction of sp³-hybridized carbons (Fsp3) is 0.947. The summed E-state index contributed by atoms with van der Waals surface area (Å²) in [5.74, 6) is -0.0215. The van der Waals surface area contributed by atoms with Gasteiger partial charge in [-0.25, -0.2) is 8.42 Å². The molecule has 27 heavy (non-hydrogen) atoms. The van der Waals surface area contributed by atoms with Crippen LogP contribution >= 0.6 is 0 Å². The molecule has 0 aliphatic carbocycles. The third kappa shape index (κ3) is 8.05. The van der Waals surface area contributed by atoms with E-state index in [0.29, 0.717) is 26.3 Å². The first-order valence-electron chi connectivity index (χ1n) is 9.61. The molecule has 1 fully saturated rings. The van der Waals surface area contributed by atoms with E-state index in [1.54, 1.807) is 4.90 Å². The van der Waals surface area contributed by atoms with Crippen LogP contribution in [-0.2, 0) is 24.3 Å². The van der Waals surface area contributed by atoms with E-state index >= 15 is 0 Å². The number of nitrogens with zero attached hydrogens (tertiary/aromatic N) is 2. The van der Waals surface area contributed by atoms with E-state index in [2.05, 4.69) is 20.8 Å². The molecule has 1 rings (SSSR count). The first kappa shape index (κ1) is 24.3. The Bertz CT molecular complexity index is 586. The van der Waals surface area contributed by atoms with Gasteiger partial charge >= 0.3 is 0 Å². The second-order valence-corrected chi connectivity index (χ2v) is 11.3.